The van der Waals surface area contributed by atoms with E-state index in [1.54, 1.807) is 7.11 Å². The van der Waals surface area contributed by atoms with Crippen molar-refractivity contribution in [1.82, 2.24) is 25.1 Å². The summed E-state index contributed by atoms with van der Waals surface area (Å²) < 4.78 is 7.12. The molecule has 0 spiro atoms. The zero-order valence-electron chi connectivity index (χ0n) is 18.0. The number of nitrogens with zero attached hydrogens (tertiary/aromatic N) is 6. The van der Waals surface area contributed by atoms with Crippen molar-refractivity contribution in [2.45, 2.75) is 26.4 Å². The summed E-state index contributed by atoms with van der Waals surface area (Å²) in [7, 11) is 1.70. The van der Waals surface area contributed by atoms with E-state index in [1.165, 1.54) is 22.4 Å². The van der Waals surface area contributed by atoms with Crippen molar-refractivity contribution in [3.05, 3.63) is 71.0 Å². The normalized spacial score (nSPS) is 16.0. The minimum Gasteiger partial charge on any atom is -0.383 e. The monoisotopic (exact) mass is 406 g/mol. The Bertz CT molecular complexity index is 949. The van der Waals surface area contributed by atoms with E-state index in [9.17, 15) is 0 Å². The Labute approximate surface area is 178 Å². The maximum absolute atomic E-state index is 5.25. The number of methoxy groups -OCH3 is 1. The Morgan fingerprint density at radius 3 is 2.50 bits per heavy atom. The molecule has 0 amide bonds. The molecule has 1 aliphatic heterocycles. The van der Waals surface area contributed by atoms with Crippen molar-refractivity contribution in [1.29, 1.82) is 0 Å². The molecule has 1 aromatic heterocycles. The third-order valence-corrected chi connectivity index (χ3v) is 5.81. The molecule has 7 heteroatoms. The lowest BCUT2D eigenvalue weighted by Crippen LogP contribution is -2.48. The van der Waals surface area contributed by atoms with Crippen LogP contribution in [0.25, 0.3) is 0 Å². The summed E-state index contributed by atoms with van der Waals surface area (Å²) >= 11 is 0. The number of rotatable bonds is 7. The number of benzene rings is 2. The van der Waals surface area contributed by atoms with E-state index in [-0.39, 0.29) is 6.04 Å². The first kappa shape index (κ1) is 20.5. The van der Waals surface area contributed by atoms with Gasteiger partial charge < -0.3 is 9.64 Å². The van der Waals surface area contributed by atoms with Gasteiger partial charge in [-0.15, -0.1) is 5.10 Å². The number of aromatic nitrogens is 4. The second-order valence-electron chi connectivity index (χ2n) is 7.88. The van der Waals surface area contributed by atoms with Crippen LogP contribution in [0.15, 0.2) is 48.5 Å². The van der Waals surface area contributed by atoms with Gasteiger partial charge in [-0.05, 0) is 47.0 Å². The molecule has 3 aromatic rings. The Morgan fingerprint density at radius 1 is 1.00 bits per heavy atom. The number of hydrogen-bond acceptors (Lipinski definition) is 6. The predicted octanol–water partition coefficient (Wildman–Crippen LogP) is 2.85. The smallest absolute Gasteiger partial charge is 0.173 e. The maximum atomic E-state index is 5.25. The van der Waals surface area contributed by atoms with Gasteiger partial charge in [-0.25, -0.2) is 4.68 Å². The minimum atomic E-state index is 0.0267. The van der Waals surface area contributed by atoms with Gasteiger partial charge in [-0.3, -0.25) is 4.90 Å². The molecule has 158 valence electrons. The summed E-state index contributed by atoms with van der Waals surface area (Å²) in [6.07, 6.45) is 0. The second kappa shape index (κ2) is 9.36. The van der Waals surface area contributed by atoms with Crippen molar-refractivity contribution >= 4 is 5.69 Å². The second-order valence-corrected chi connectivity index (χ2v) is 7.88. The highest BCUT2D eigenvalue weighted by Gasteiger charge is 2.30. The predicted molar refractivity (Wildman–Crippen MR) is 118 cm³/mol. The van der Waals surface area contributed by atoms with E-state index in [0.29, 0.717) is 13.2 Å². The highest BCUT2D eigenvalue weighted by Crippen LogP contribution is 2.30. The topological polar surface area (TPSA) is 59.3 Å². The third-order valence-electron chi connectivity index (χ3n) is 5.81. The molecule has 1 atom stereocenters. The molecule has 2 heterocycles. The van der Waals surface area contributed by atoms with Crippen LogP contribution in [-0.4, -0.2) is 65.0 Å². The van der Waals surface area contributed by atoms with Crippen molar-refractivity contribution in [2.75, 3.05) is 44.8 Å². The van der Waals surface area contributed by atoms with Gasteiger partial charge in [-0.2, -0.15) is 0 Å². The molecule has 1 aliphatic rings. The average molecular weight is 407 g/mol. The molecule has 0 N–H and O–H groups in total. The lowest BCUT2D eigenvalue weighted by atomic mass is 10.0. The molecule has 30 heavy (non-hydrogen) atoms. The molecule has 2 aromatic carbocycles. The van der Waals surface area contributed by atoms with Gasteiger partial charge in [-0.1, -0.05) is 42.5 Å². The van der Waals surface area contributed by atoms with Crippen LogP contribution < -0.4 is 4.90 Å². The summed E-state index contributed by atoms with van der Waals surface area (Å²) in [5.41, 5.74) is 5.19. The van der Waals surface area contributed by atoms with Gasteiger partial charge in [0.15, 0.2) is 5.82 Å². The number of ether oxygens (including phenoxy) is 1. The fraction of sp³-hybridized carbons (Fsp3) is 0.435. The van der Waals surface area contributed by atoms with Gasteiger partial charge in [0.25, 0.3) is 0 Å². The highest BCUT2D eigenvalue weighted by atomic mass is 16.5. The van der Waals surface area contributed by atoms with Crippen LogP contribution in [0, 0.1) is 13.8 Å². The summed E-state index contributed by atoms with van der Waals surface area (Å²) in [6, 6.07) is 17.3. The first-order valence-electron chi connectivity index (χ1n) is 10.5. The fourth-order valence-corrected chi connectivity index (χ4v) is 4.18. The van der Waals surface area contributed by atoms with E-state index in [2.05, 4.69) is 81.6 Å². The quantitative estimate of drug-likeness (QED) is 0.601. The fourth-order valence-electron chi connectivity index (χ4n) is 4.18. The Hall–Kier alpha value is -2.77. The third kappa shape index (κ3) is 4.37. The van der Waals surface area contributed by atoms with Crippen LogP contribution in [0.3, 0.4) is 0 Å². The molecule has 0 aliphatic carbocycles. The number of tetrazole rings is 1. The first-order chi connectivity index (χ1) is 14.7. The van der Waals surface area contributed by atoms with Crippen LogP contribution in [-0.2, 0) is 11.3 Å². The molecule has 0 saturated carbocycles. The van der Waals surface area contributed by atoms with Crippen LogP contribution >= 0.6 is 0 Å². The molecule has 7 nitrogen and oxygen atoms in total. The number of piperazine rings is 1. The van der Waals surface area contributed by atoms with Gasteiger partial charge in [0.1, 0.15) is 0 Å². The van der Waals surface area contributed by atoms with Crippen LogP contribution in [0.2, 0.25) is 0 Å². The van der Waals surface area contributed by atoms with Gasteiger partial charge >= 0.3 is 0 Å². The highest BCUT2D eigenvalue weighted by molar-refractivity contribution is 5.55. The molecule has 1 fully saturated rings. The molecule has 0 bridgehead atoms. The zero-order valence-corrected chi connectivity index (χ0v) is 18.0. The molecule has 0 unspecified atom stereocenters. The minimum absolute atomic E-state index is 0.0267. The van der Waals surface area contributed by atoms with E-state index in [1.807, 2.05) is 10.7 Å². The molecule has 0 radical (unpaired) electrons. The SMILES string of the molecule is COCCn1nnnc1[C@@H](c1ccccc1)N1CCN(c2cc(C)ccc2C)CC1. The summed E-state index contributed by atoms with van der Waals surface area (Å²) in [5, 5.41) is 12.6. The summed E-state index contributed by atoms with van der Waals surface area (Å²) in [6.45, 7) is 9.43. The van der Waals surface area contributed by atoms with Crippen molar-refractivity contribution in [3.63, 3.8) is 0 Å². The molecule has 1 saturated heterocycles. The first-order valence-corrected chi connectivity index (χ1v) is 10.5. The van der Waals surface area contributed by atoms with Gasteiger partial charge in [0.2, 0.25) is 0 Å². The lowest BCUT2D eigenvalue weighted by Gasteiger charge is -2.40. The summed E-state index contributed by atoms with van der Waals surface area (Å²) in [5.74, 6) is 0.874. The van der Waals surface area contributed by atoms with Crippen LogP contribution in [0.4, 0.5) is 5.69 Å². The van der Waals surface area contributed by atoms with Crippen molar-refractivity contribution in [3.8, 4) is 0 Å². The number of anilines is 1. The Balaban J connectivity index is 1.57. The van der Waals surface area contributed by atoms with Crippen molar-refractivity contribution in [2.24, 2.45) is 0 Å². The van der Waals surface area contributed by atoms with Gasteiger partial charge in [0.05, 0.1) is 19.2 Å². The molecular formula is C23H30N6O. The maximum Gasteiger partial charge on any atom is 0.173 e. The van der Waals surface area contributed by atoms with E-state index in [4.69, 9.17) is 4.74 Å². The summed E-state index contributed by atoms with van der Waals surface area (Å²) in [4.78, 5) is 4.99. The van der Waals surface area contributed by atoms with E-state index in [0.717, 1.165) is 32.0 Å². The average Bonchev–Trinajstić information content (AvgIpc) is 3.23. The van der Waals surface area contributed by atoms with Gasteiger partial charge in [0, 0.05) is 39.0 Å². The largest absolute Gasteiger partial charge is 0.383 e. The number of aryl methyl sites for hydroxylation is 2. The molecular weight excluding hydrogens is 376 g/mol. The van der Waals surface area contributed by atoms with Crippen molar-refractivity contribution < 1.29 is 4.74 Å². The van der Waals surface area contributed by atoms with Crippen LogP contribution in [0.5, 0.6) is 0 Å². The zero-order chi connectivity index (χ0) is 20.9. The lowest BCUT2D eigenvalue weighted by molar-refractivity contribution is 0.171. The number of hydrogen-bond donors (Lipinski definition) is 0. The van der Waals surface area contributed by atoms with E-state index < -0.39 is 0 Å². The Kier molecular flexibility index (Phi) is 6.40. The molecule has 4 rings (SSSR count). The Morgan fingerprint density at radius 2 is 1.77 bits per heavy atom. The van der Waals surface area contributed by atoms with Crippen LogP contribution in [0.1, 0.15) is 28.6 Å². The standard InChI is InChI=1S/C23H30N6O/c1-18-9-10-19(2)21(17-18)27-11-13-28(14-12-27)22(20-7-5-4-6-8-20)23-24-25-26-29(23)15-16-30-3/h4-10,17,22H,11-16H2,1-3H3/t22-/m1/s1. The van der Waals surface area contributed by atoms with E-state index >= 15 is 0 Å².